The van der Waals surface area contributed by atoms with Crippen molar-refractivity contribution in [3.8, 4) is 0 Å². The fourth-order valence-corrected chi connectivity index (χ4v) is 1.19. The number of aliphatic hydroxyl groups is 1. The summed E-state index contributed by atoms with van der Waals surface area (Å²) < 4.78 is 74.4. The van der Waals surface area contributed by atoms with Crippen LogP contribution in [0, 0.1) is 0 Å². The fourth-order valence-electron chi connectivity index (χ4n) is 1.19. The molecule has 98 valence electrons. The second-order valence-corrected chi connectivity index (χ2v) is 3.37. The average molecular weight is 269 g/mol. The van der Waals surface area contributed by atoms with Gasteiger partial charge in [0.15, 0.2) is 0 Å². The molecule has 1 aromatic rings. The predicted molar refractivity (Wildman–Crippen MR) is 54.2 cm³/mol. The van der Waals surface area contributed by atoms with Gasteiger partial charge >= 0.3 is 97.4 Å². The predicted octanol–water partition coefficient (Wildman–Crippen LogP) is 2.50. The quantitative estimate of drug-likeness (QED) is 0.638. The molecule has 0 aliphatic rings. The van der Waals surface area contributed by atoms with Gasteiger partial charge in [-0.15, -0.1) is 0 Å². The van der Waals surface area contributed by atoms with E-state index in [1.807, 2.05) is 5.32 Å². The van der Waals surface area contributed by atoms with Crippen LogP contribution in [-0.2, 0) is 12.4 Å². The summed E-state index contributed by atoms with van der Waals surface area (Å²) >= 11 is 0. The molecule has 0 aliphatic carbocycles. The fraction of sp³-hybridized carbons (Fsp3) is 0.222. The minimum atomic E-state index is -4.92. The minimum absolute atomic E-state index is 0.00861. The summed E-state index contributed by atoms with van der Waals surface area (Å²) in [5.41, 5.74) is -3.49. The number of halogens is 6. The van der Waals surface area contributed by atoms with E-state index in [0.717, 1.165) is 0 Å². The third kappa shape index (κ3) is 3.68. The van der Waals surface area contributed by atoms with E-state index in [9.17, 15) is 26.3 Å². The first kappa shape index (κ1) is 14.4. The molecular weight excluding hydrogens is 263 g/mol. The zero-order valence-electron chi connectivity index (χ0n) is 8.65. The van der Waals surface area contributed by atoms with Crippen LogP contribution in [0.15, 0.2) is 18.2 Å². The van der Waals surface area contributed by atoms with Crippen LogP contribution in [0.1, 0.15) is 11.1 Å². The van der Waals surface area contributed by atoms with Crippen LogP contribution in [0.3, 0.4) is 0 Å². The van der Waals surface area contributed by atoms with Crippen molar-refractivity contribution in [3.63, 3.8) is 0 Å². The maximum absolute atomic E-state index is 12.4. The molecule has 0 aliphatic heterocycles. The van der Waals surface area contributed by atoms with Gasteiger partial charge < -0.3 is 0 Å². The van der Waals surface area contributed by atoms with E-state index in [1.54, 1.807) is 0 Å². The first-order chi connectivity index (χ1) is 8.00. The van der Waals surface area contributed by atoms with Crippen molar-refractivity contribution in [1.29, 1.82) is 0 Å². The van der Waals surface area contributed by atoms with Gasteiger partial charge in [-0.25, -0.2) is 0 Å². The molecule has 0 saturated heterocycles. The summed E-state index contributed by atoms with van der Waals surface area (Å²) in [4.78, 5) is 0. The van der Waals surface area contributed by atoms with Crippen LogP contribution in [0.25, 0.3) is 0 Å². The molecule has 0 saturated carbocycles. The van der Waals surface area contributed by atoms with E-state index in [4.69, 9.17) is 5.11 Å². The van der Waals surface area contributed by atoms with E-state index in [2.05, 4.69) is 7.49 Å². The number of aliphatic hydroxyl groups excluding tert-OH is 1. The van der Waals surface area contributed by atoms with Crippen molar-refractivity contribution < 1.29 is 31.4 Å². The third-order valence-corrected chi connectivity index (χ3v) is 1.88. The first-order valence-corrected chi connectivity index (χ1v) is 4.44. The van der Waals surface area contributed by atoms with Crippen LogP contribution in [-0.4, -0.2) is 18.4 Å². The maximum atomic E-state index is 12.4. The average Bonchev–Trinajstić information content (AvgIpc) is 2.13. The molecule has 0 fully saturated rings. The molecule has 1 rings (SSSR count). The Kier molecular flexibility index (Phi) is 3.63. The number of anilines is 1. The first-order valence-electron chi connectivity index (χ1n) is 4.44. The zero-order chi connectivity index (χ0) is 14.1. The Hall–Kier alpha value is -1.67. The molecular formula is C9H6BF6NO. The van der Waals surface area contributed by atoms with Gasteiger partial charge in [-0.1, -0.05) is 0 Å². The van der Waals surface area contributed by atoms with Gasteiger partial charge in [-0.3, -0.25) is 0 Å². The van der Waals surface area contributed by atoms with Gasteiger partial charge in [0.25, 0.3) is 0 Å². The molecule has 2 N–H and O–H groups in total. The van der Waals surface area contributed by atoms with Crippen molar-refractivity contribution in [3.05, 3.63) is 29.3 Å². The Morgan fingerprint density at radius 1 is 0.944 bits per heavy atom. The molecule has 9 heteroatoms. The van der Waals surface area contributed by atoms with Crippen LogP contribution in [0.5, 0.6) is 0 Å². The Balaban J connectivity index is 3.34. The molecule has 0 bridgehead atoms. The monoisotopic (exact) mass is 269 g/mol. The molecule has 0 amide bonds. The number of hydrogen-bond acceptors (Lipinski definition) is 2. The van der Waals surface area contributed by atoms with Crippen molar-refractivity contribution in [1.82, 2.24) is 0 Å². The van der Waals surface area contributed by atoms with E-state index in [-0.39, 0.29) is 6.07 Å². The molecule has 2 nitrogen and oxygen atoms in total. The number of alkyl halides is 6. The zero-order valence-corrected chi connectivity index (χ0v) is 8.65. The third-order valence-electron chi connectivity index (χ3n) is 1.88. The molecule has 0 spiro atoms. The van der Waals surface area contributed by atoms with Crippen molar-refractivity contribution in [2.24, 2.45) is 0 Å². The van der Waals surface area contributed by atoms with Gasteiger partial charge in [-0.2, -0.15) is 0 Å². The molecule has 1 aromatic carbocycles. The summed E-state index contributed by atoms with van der Waals surface area (Å²) in [7, 11) is 2.92. The van der Waals surface area contributed by atoms with Gasteiger partial charge in [0.1, 0.15) is 0 Å². The number of benzene rings is 1. The number of hydrogen-bond donors (Lipinski definition) is 2. The summed E-state index contributed by atoms with van der Waals surface area (Å²) in [5.74, 6) is -0.762. The number of rotatable bonds is 2. The normalized spacial score (nSPS) is 12.3. The summed E-state index contributed by atoms with van der Waals surface area (Å²) in [6.45, 7) is 0. The Labute approximate surface area is 98.3 Å². The summed E-state index contributed by atoms with van der Waals surface area (Å²) in [5, 5.41) is 10.6. The second kappa shape index (κ2) is 4.54. The van der Waals surface area contributed by atoms with Gasteiger partial charge in [-0.05, 0) is 0 Å². The Bertz CT molecular complexity index is 435. The topological polar surface area (TPSA) is 32.3 Å². The summed E-state index contributed by atoms with van der Waals surface area (Å²) in [6, 6.07) is 0.874. The Morgan fingerprint density at radius 2 is 1.33 bits per heavy atom. The van der Waals surface area contributed by atoms with E-state index in [1.165, 1.54) is 0 Å². The standard InChI is InChI=1S/C9H6BF6NO/c10-7(18)17-6-2-4(8(11,12)13)1-5(3-6)9(14,15)16/h1-3,10,17-18H. The van der Waals surface area contributed by atoms with Gasteiger partial charge in [0.2, 0.25) is 0 Å². The van der Waals surface area contributed by atoms with Gasteiger partial charge in [0.05, 0.1) is 0 Å². The summed E-state index contributed by atoms with van der Waals surface area (Å²) in [6.07, 6.45) is -9.84. The molecule has 0 aromatic heterocycles. The second-order valence-electron chi connectivity index (χ2n) is 3.37. The van der Waals surface area contributed by atoms with E-state index < -0.39 is 34.9 Å². The van der Waals surface area contributed by atoms with Crippen molar-refractivity contribution in [2.45, 2.75) is 12.4 Å². The van der Waals surface area contributed by atoms with E-state index in [0.29, 0.717) is 12.1 Å². The Morgan fingerprint density at radius 3 is 1.61 bits per heavy atom. The molecule has 0 radical (unpaired) electrons. The van der Waals surface area contributed by atoms with Crippen LogP contribution >= 0.6 is 0 Å². The molecule has 18 heavy (non-hydrogen) atoms. The van der Waals surface area contributed by atoms with Crippen LogP contribution in [0.2, 0.25) is 0 Å². The molecule has 0 unspecified atom stereocenters. The van der Waals surface area contributed by atoms with Crippen molar-refractivity contribution >= 4 is 18.9 Å². The van der Waals surface area contributed by atoms with Crippen LogP contribution < -0.4 is 5.32 Å². The van der Waals surface area contributed by atoms with Crippen LogP contribution in [0.4, 0.5) is 32.0 Å². The molecule has 0 atom stereocenters. The molecule has 0 heterocycles. The van der Waals surface area contributed by atoms with Gasteiger partial charge in [0, 0.05) is 0 Å². The van der Waals surface area contributed by atoms with E-state index >= 15 is 0 Å². The van der Waals surface area contributed by atoms with Crippen molar-refractivity contribution in [2.75, 3.05) is 5.32 Å². The SMILES string of the molecule is B=C(O)Nc1cc(C(F)(F)F)cc(C(F)(F)F)c1. The number of nitrogens with one attached hydrogen (secondary N) is 1.